The summed E-state index contributed by atoms with van der Waals surface area (Å²) in [5, 5.41) is 0.312. The lowest BCUT2D eigenvalue weighted by Gasteiger charge is -2.07. The zero-order valence-electron chi connectivity index (χ0n) is 9.56. The van der Waals surface area contributed by atoms with Gasteiger partial charge in [-0.05, 0) is 38.0 Å². The Hall–Kier alpha value is 0.0300. The molecule has 0 fully saturated rings. The smallest absolute Gasteiger partial charge is 0.0518 e. The molecule has 1 rings (SSSR count). The van der Waals surface area contributed by atoms with E-state index in [0.717, 1.165) is 5.92 Å². The predicted molar refractivity (Wildman–Crippen MR) is 64.9 cm³/mol. The summed E-state index contributed by atoms with van der Waals surface area (Å²) in [6.07, 6.45) is 11.4. The first-order chi connectivity index (χ1) is 6.68. The maximum absolute atomic E-state index is 6.18. The van der Waals surface area contributed by atoms with Gasteiger partial charge in [-0.2, -0.15) is 0 Å². The molecule has 0 saturated heterocycles. The molecular formula is C13H23Cl. The first kappa shape index (κ1) is 12.1. The molecule has 1 unspecified atom stereocenters. The predicted octanol–water partition coefficient (Wildman–Crippen LogP) is 4.92. The van der Waals surface area contributed by atoms with Gasteiger partial charge in [0.2, 0.25) is 0 Å². The lowest BCUT2D eigenvalue weighted by atomic mass is 10.00. The molecule has 0 aromatic rings. The number of alkyl halides is 1. The molecule has 0 aromatic heterocycles. The minimum atomic E-state index is 0.312. The summed E-state index contributed by atoms with van der Waals surface area (Å²) in [7, 11) is 0. The van der Waals surface area contributed by atoms with Crippen LogP contribution < -0.4 is 0 Å². The molecular weight excluding hydrogens is 192 g/mol. The average Bonchev–Trinajstić information content (AvgIpc) is 2.29. The Morgan fingerprint density at radius 3 is 2.93 bits per heavy atom. The van der Waals surface area contributed by atoms with Crippen LogP contribution in [0.1, 0.15) is 58.8 Å². The SMILES string of the molecule is CC(C)CCCC1=CC(Cl)CCCC1. The highest BCUT2D eigenvalue weighted by molar-refractivity contribution is 6.21. The number of hydrogen-bond acceptors (Lipinski definition) is 0. The monoisotopic (exact) mass is 214 g/mol. The third-order valence-electron chi connectivity index (χ3n) is 2.92. The zero-order valence-corrected chi connectivity index (χ0v) is 10.3. The number of hydrogen-bond donors (Lipinski definition) is 0. The van der Waals surface area contributed by atoms with E-state index in [-0.39, 0.29) is 0 Å². The molecule has 0 spiro atoms. The van der Waals surface area contributed by atoms with Crippen molar-refractivity contribution in [2.45, 2.75) is 64.2 Å². The minimum absolute atomic E-state index is 0.312. The summed E-state index contributed by atoms with van der Waals surface area (Å²) >= 11 is 6.18. The fourth-order valence-corrected chi connectivity index (χ4v) is 2.39. The van der Waals surface area contributed by atoms with Crippen LogP contribution in [0.25, 0.3) is 0 Å². The Balaban J connectivity index is 2.27. The summed E-state index contributed by atoms with van der Waals surface area (Å²) < 4.78 is 0. The molecule has 0 amide bonds. The fourth-order valence-electron chi connectivity index (χ4n) is 2.06. The van der Waals surface area contributed by atoms with Gasteiger partial charge in [-0.25, -0.2) is 0 Å². The van der Waals surface area contributed by atoms with Crippen LogP contribution in [0.4, 0.5) is 0 Å². The Kier molecular flexibility index (Phi) is 5.62. The van der Waals surface area contributed by atoms with Crippen molar-refractivity contribution in [3.63, 3.8) is 0 Å². The van der Waals surface area contributed by atoms with Crippen LogP contribution in [0.5, 0.6) is 0 Å². The summed E-state index contributed by atoms with van der Waals surface area (Å²) in [6.45, 7) is 4.59. The topological polar surface area (TPSA) is 0 Å². The molecule has 0 N–H and O–H groups in total. The Morgan fingerprint density at radius 2 is 2.21 bits per heavy atom. The van der Waals surface area contributed by atoms with E-state index in [1.165, 1.54) is 44.9 Å². The molecule has 0 saturated carbocycles. The van der Waals surface area contributed by atoms with E-state index < -0.39 is 0 Å². The molecule has 0 bridgehead atoms. The molecule has 0 radical (unpaired) electrons. The van der Waals surface area contributed by atoms with E-state index in [4.69, 9.17) is 11.6 Å². The lowest BCUT2D eigenvalue weighted by molar-refractivity contribution is 0.549. The summed E-state index contributed by atoms with van der Waals surface area (Å²) in [5.41, 5.74) is 1.61. The van der Waals surface area contributed by atoms with Crippen LogP contribution in [0.15, 0.2) is 11.6 Å². The Bertz CT molecular complexity index is 182. The van der Waals surface area contributed by atoms with Crippen LogP contribution in [0, 0.1) is 5.92 Å². The van der Waals surface area contributed by atoms with Crippen molar-refractivity contribution in [3.05, 3.63) is 11.6 Å². The molecule has 0 nitrogen and oxygen atoms in total. The summed E-state index contributed by atoms with van der Waals surface area (Å²) in [5.74, 6) is 0.841. The van der Waals surface area contributed by atoms with E-state index in [9.17, 15) is 0 Å². The first-order valence-electron chi connectivity index (χ1n) is 6.02. The molecule has 0 aromatic carbocycles. The quantitative estimate of drug-likeness (QED) is 0.460. The van der Waals surface area contributed by atoms with Crippen LogP contribution in [-0.2, 0) is 0 Å². The van der Waals surface area contributed by atoms with E-state index in [1.807, 2.05) is 0 Å². The fraction of sp³-hybridized carbons (Fsp3) is 0.846. The van der Waals surface area contributed by atoms with Crippen LogP contribution in [0.2, 0.25) is 0 Å². The van der Waals surface area contributed by atoms with E-state index >= 15 is 0 Å². The number of halogens is 1. The van der Waals surface area contributed by atoms with Gasteiger partial charge in [-0.1, -0.05) is 38.3 Å². The van der Waals surface area contributed by atoms with Gasteiger partial charge < -0.3 is 0 Å². The molecule has 14 heavy (non-hydrogen) atoms. The second kappa shape index (κ2) is 6.50. The standard InChI is InChI=1S/C13H23Cl/c1-11(2)6-5-8-12-7-3-4-9-13(14)10-12/h10-11,13H,3-9H2,1-2H3. The van der Waals surface area contributed by atoms with Crippen LogP contribution >= 0.6 is 11.6 Å². The Morgan fingerprint density at radius 1 is 1.43 bits per heavy atom. The maximum Gasteiger partial charge on any atom is 0.0518 e. The second-order valence-corrected chi connectivity index (χ2v) is 5.43. The molecule has 1 aliphatic carbocycles. The molecule has 1 heteroatoms. The highest BCUT2D eigenvalue weighted by Crippen LogP contribution is 2.24. The summed E-state index contributed by atoms with van der Waals surface area (Å²) in [6, 6.07) is 0. The molecule has 0 aliphatic heterocycles. The Labute approximate surface area is 93.7 Å². The van der Waals surface area contributed by atoms with Crippen LogP contribution in [-0.4, -0.2) is 5.38 Å². The van der Waals surface area contributed by atoms with Crippen LogP contribution in [0.3, 0.4) is 0 Å². The van der Waals surface area contributed by atoms with Gasteiger partial charge in [0.15, 0.2) is 0 Å². The van der Waals surface area contributed by atoms with Crippen molar-refractivity contribution in [3.8, 4) is 0 Å². The van der Waals surface area contributed by atoms with Gasteiger partial charge >= 0.3 is 0 Å². The molecule has 0 heterocycles. The molecule has 1 aliphatic rings. The summed E-state index contributed by atoms with van der Waals surface area (Å²) in [4.78, 5) is 0. The first-order valence-corrected chi connectivity index (χ1v) is 6.45. The zero-order chi connectivity index (χ0) is 10.4. The molecule has 82 valence electrons. The van der Waals surface area contributed by atoms with Crippen molar-refractivity contribution < 1.29 is 0 Å². The van der Waals surface area contributed by atoms with Gasteiger partial charge in [0, 0.05) is 0 Å². The van der Waals surface area contributed by atoms with Crippen molar-refractivity contribution in [1.29, 1.82) is 0 Å². The third kappa shape index (κ3) is 5.05. The molecule has 1 atom stereocenters. The van der Waals surface area contributed by atoms with Gasteiger partial charge in [-0.3, -0.25) is 0 Å². The normalized spacial score (nSPS) is 23.4. The van der Waals surface area contributed by atoms with Gasteiger partial charge in [-0.15, -0.1) is 11.6 Å². The van der Waals surface area contributed by atoms with E-state index in [1.54, 1.807) is 5.57 Å². The van der Waals surface area contributed by atoms with Gasteiger partial charge in [0.1, 0.15) is 0 Å². The average molecular weight is 215 g/mol. The van der Waals surface area contributed by atoms with Crippen molar-refractivity contribution in [1.82, 2.24) is 0 Å². The largest absolute Gasteiger partial charge is 0.118 e. The van der Waals surface area contributed by atoms with Crippen molar-refractivity contribution >= 4 is 11.6 Å². The highest BCUT2D eigenvalue weighted by atomic mass is 35.5. The van der Waals surface area contributed by atoms with Gasteiger partial charge in [0.25, 0.3) is 0 Å². The number of rotatable bonds is 4. The number of allylic oxidation sites excluding steroid dienone is 2. The highest BCUT2D eigenvalue weighted by Gasteiger charge is 2.09. The second-order valence-electron chi connectivity index (χ2n) is 4.87. The minimum Gasteiger partial charge on any atom is -0.118 e. The lowest BCUT2D eigenvalue weighted by Crippen LogP contribution is -1.93. The van der Waals surface area contributed by atoms with E-state index in [2.05, 4.69) is 19.9 Å². The van der Waals surface area contributed by atoms with E-state index in [0.29, 0.717) is 5.38 Å². The third-order valence-corrected chi connectivity index (χ3v) is 3.27. The van der Waals surface area contributed by atoms with Crippen molar-refractivity contribution in [2.24, 2.45) is 5.92 Å². The van der Waals surface area contributed by atoms with Crippen molar-refractivity contribution in [2.75, 3.05) is 0 Å². The maximum atomic E-state index is 6.18. The van der Waals surface area contributed by atoms with Gasteiger partial charge in [0.05, 0.1) is 5.38 Å².